The van der Waals surface area contributed by atoms with Gasteiger partial charge in [-0.2, -0.15) is 11.8 Å². The van der Waals surface area contributed by atoms with Gasteiger partial charge < -0.3 is 10.1 Å². The molecule has 0 saturated heterocycles. The van der Waals surface area contributed by atoms with Gasteiger partial charge in [0.2, 0.25) is 0 Å². The van der Waals surface area contributed by atoms with Crippen molar-refractivity contribution in [2.24, 2.45) is 5.92 Å². The quantitative estimate of drug-likeness (QED) is 0.570. The van der Waals surface area contributed by atoms with Crippen LogP contribution in [0, 0.1) is 5.92 Å². The van der Waals surface area contributed by atoms with Gasteiger partial charge in [0.1, 0.15) is 0 Å². The molecule has 0 fully saturated rings. The molecule has 0 bridgehead atoms. The van der Waals surface area contributed by atoms with Gasteiger partial charge in [-0.15, -0.1) is 0 Å². The van der Waals surface area contributed by atoms with Crippen LogP contribution in [0.5, 0.6) is 0 Å². The van der Waals surface area contributed by atoms with Crippen molar-refractivity contribution in [2.75, 3.05) is 37.8 Å². The minimum Gasteiger partial charge on any atom is -0.380 e. The molecule has 86 valence electrons. The van der Waals surface area contributed by atoms with Crippen LogP contribution in [0.25, 0.3) is 0 Å². The topological polar surface area (TPSA) is 21.3 Å². The van der Waals surface area contributed by atoms with Crippen LogP contribution in [0.15, 0.2) is 0 Å². The Balaban J connectivity index is 2.85. The summed E-state index contributed by atoms with van der Waals surface area (Å²) in [6.07, 6.45) is 1.27. The zero-order valence-electron chi connectivity index (χ0n) is 9.84. The number of thioether (sulfide) groups is 1. The molecule has 3 heteroatoms. The van der Waals surface area contributed by atoms with Gasteiger partial charge in [0.05, 0.1) is 6.61 Å². The highest BCUT2D eigenvalue weighted by molar-refractivity contribution is 7.99. The Labute approximate surface area is 93.2 Å². The maximum Gasteiger partial charge on any atom is 0.0591 e. The van der Waals surface area contributed by atoms with Crippen molar-refractivity contribution >= 4 is 11.8 Å². The van der Waals surface area contributed by atoms with E-state index in [2.05, 4.69) is 26.1 Å². The molecule has 0 radical (unpaired) electrons. The zero-order chi connectivity index (χ0) is 10.6. The third kappa shape index (κ3) is 12.3. The monoisotopic (exact) mass is 219 g/mol. The van der Waals surface area contributed by atoms with Gasteiger partial charge in [-0.05, 0) is 30.4 Å². The van der Waals surface area contributed by atoms with Crippen LogP contribution in [0.4, 0.5) is 0 Å². The summed E-state index contributed by atoms with van der Waals surface area (Å²) < 4.78 is 5.46. The van der Waals surface area contributed by atoms with Gasteiger partial charge in [-0.1, -0.05) is 20.8 Å². The Morgan fingerprint density at radius 2 is 2.07 bits per heavy atom. The van der Waals surface area contributed by atoms with Crippen LogP contribution in [0.2, 0.25) is 0 Å². The average Bonchev–Trinajstić information content (AvgIpc) is 2.15. The second-order valence-corrected chi connectivity index (χ2v) is 5.16. The van der Waals surface area contributed by atoms with E-state index in [4.69, 9.17) is 4.74 Å². The highest BCUT2D eigenvalue weighted by atomic mass is 32.2. The molecular formula is C11H25NOS. The summed E-state index contributed by atoms with van der Waals surface area (Å²) in [5.41, 5.74) is 0. The van der Waals surface area contributed by atoms with Crippen LogP contribution >= 0.6 is 11.8 Å². The lowest BCUT2D eigenvalue weighted by molar-refractivity contribution is 0.112. The molecule has 0 aliphatic heterocycles. The standard InChI is InChI=1S/C11H25NOS/c1-4-14-9-5-6-12-7-8-13-10-11(2)3/h11-12H,4-10H2,1-3H3. The maximum absolute atomic E-state index is 5.46. The second-order valence-electron chi connectivity index (χ2n) is 3.77. The molecule has 0 aromatic carbocycles. The Morgan fingerprint density at radius 3 is 2.71 bits per heavy atom. The summed E-state index contributed by atoms with van der Waals surface area (Å²) in [5, 5.41) is 3.38. The Morgan fingerprint density at radius 1 is 1.29 bits per heavy atom. The Bertz CT molecular complexity index is 109. The number of nitrogens with one attached hydrogen (secondary N) is 1. The first kappa shape index (κ1) is 14.3. The molecule has 0 atom stereocenters. The van der Waals surface area contributed by atoms with E-state index in [9.17, 15) is 0 Å². The van der Waals surface area contributed by atoms with Crippen molar-refractivity contribution in [3.05, 3.63) is 0 Å². The van der Waals surface area contributed by atoms with Crippen molar-refractivity contribution in [1.82, 2.24) is 5.32 Å². The molecule has 0 unspecified atom stereocenters. The highest BCUT2D eigenvalue weighted by Crippen LogP contribution is 1.99. The van der Waals surface area contributed by atoms with Crippen LogP contribution in [-0.4, -0.2) is 37.8 Å². The third-order valence-electron chi connectivity index (χ3n) is 1.72. The van der Waals surface area contributed by atoms with E-state index in [1.165, 1.54) is 17.9 Å². The molecule has 0 rings (SSSR count). The summed E-state index contributed by atoms with van der Waals surface area (Å²) >= 11 is 2.01. The lowest BCUT2D eigenvalue weighted by Gasteiger charge is -2.07. The first-order valence-electron chi connectivity index (χ1n) is 5.63. The minimum absolute atomic E-state index is 0.649. The molecule has 0 aliphatic rings. The minimum atomic E-state index is 0.649. The van der Waals surface area contributed by atoms with E-state index in [1.54, 1.807) is 0 Å². The van der Waals surface area contributed by atoms with Crippen LogP contribution in [-0.2, 0) is 4.74 Å². The zero-order valence-corrected chi connectivity index (χ0v) is 10.7. The van der Waals surface area contributed by atoms with Gasteiger partial charge in [-0.3, -0.25) is 0 Å². The van der Waals surface area contributed by atoms with E-state index in [0.29, 0.717) is 5.92 Å². The first-order chi connectivity index (χ1) is 6.77. The number of rotatable bonds is 10. The van der Waals surface area contributed by atoms with E-state index in [-0.39, 0.29) is 0 Å². The van der Waals surface area contributed by atoms with Crippen LogP contribution in [0.1, 0.15) is 27.2 Å². The normalized spacial score (nSPS) is 11.1. The summed E-state index contributed by atoms with van der Waals surface area (Å²) in [6, 6.07) is 0. The summed E-state index contributed by atoms with van der Waals surface area (Å²) in [5.74, 6) is 3.16. The molecule has 0 aromatic heterocycles. The number of hydrogen-bond acceptors (Lipinski definition) is 3. The largest absolute Gasteiger partial charge is 0.380 e. The molecule has 0 saturated carbocycles. The smallest absolute Gasteiger partial charge is 0.0591 e. The van der Waals surface area contributed by atoms with Crippen molar-refractivity contribution < 1.29 is 4.74 Å². The van der Waals surface area contributed by atoms with Crippen molar-refractivity contribution in [1.29, 1.82) is 0 Å². The predicted molar refractivity (Wildman–Crippen MR) is 66.1 cm³/mol. The number of hydrogen-bond donors (Lipinski definition) is 1. The van der Waals surface area contributed by atoms with Gasteiger partial charge in [0.25, 0.3) is 0 Å². The van der Waals surface area contributed by atoms with E-state index < -0.39 is 0 Å². The third-order valence-corrected chi connectivity index (χ3v) is 2.71. The van der Waals surface area contributed by atoms with E-state index in [1.807, 2.05) is 11.8 Å². The van der Waals surface area contributed by atoms with E-state index in [0.717, 1.165) is 26.3 Å². The molecule has 0 aliphatic carbocycles. The van der Waals surface area contributed by atoms with Crippen molar-refractivity contribution in [3.63, 3.8) is 0 Å². The number of ether oxygens (including phenoxy) is 1. The molecule has 14 heavy (non-hydrogen) atoms. The summed E-state index contributed by atoms with van der Waals surface area (Å²) in [4.78, 5) is 0. The van der Waals surface area contributed by atoms with E-state index >= 15 is 0 Å². The highest BCUT2D eigenvalue weighted by Gasteiger charge is 1.93. The first-order valence-corrected chi connectivity index (χ1v) is 6.79. The maximum atomic E-state index is 5.46. The van der Waals surface area contributed by atoms with Gasteiger partial charge >= 0.3 is 0 Å². The van der Waals surface area contributed by atoms with Crippen LogP contribution < -0.4 is 5.32 Å². The predicted octanol–water partition coefficient (Wildman–Crippen LogP) is 2.39. The lowest BCUT2D eigenvalue weighted by Crippen LogP contribution is -2.22. The lowest BCUT2D eigenvalue weighted by atomic mass is 10.2. The Kier molecular flexibility index (Phi) is 11.6. The van der Waals surface area contributed by atoms with Gasteiger partial charge in [0, 0.05) is 13.2 Å². The fourth-order valence-electron chi connectivity index (χ4n) is 1.03. The average molecular weight is 219 g/mol. The molecular weight excluding hydrogens is 194 g/mol. The van der Waals surface area contributed by atoms with Gasteiger partial charge in [0.15, 0.2) is 0 Å². The fourth-order valence-corrected chi connectivity index (χ4v) is 1.67. The van der Waals surface area contributed by atoms with Gasteiger partial charge in [-0.25, -0.2) is 0 Å². The molecule has 1 N–H and O–H groups in total. The summed E-state index contributed by atoms with van der Waals surface area (Å²) in [6.45, 7) is 10.4. The molecule has 0 spiro atoms. The Hall–Kier alpha value is 0.270. The fraction of sp³-hybridized carbons (Fsp3) is 1.00. The van der Waals surface area contributed by atoms with Crippen molar-refractivity contribution in [3.8, 4) is 0 Å². The SMILES string of the molecule is CCSCCCNCCOCC(C)C. The molecule has 0 amide bonds. The molecule has 0 aromatic rings. The van der Waals surface area contributed by atoms with Crippen molar-refractivity contribution in [2.45, 2.75) is 27.2 Å². The van der Waals surface area contributed by atoms with Crippen LogP contribution in [0.3, 0.4) is 0 Å². The molecule has 0 heterocycles. The molecule has 2 nitrogen and oxygen atoms in total. The second kappa shape index (κ2) is 11.3. The summed E-state index contributed by atoms with van der Waals surface area (Å²) in [7, 11) is 0.